The summed E-state index contributed by atoms with van der Waals surface area (Å²) in [7, 11) is 0. The van der Waals surface area contributed by atoms with Crippen LogP contribution >= 0.6 is 11.6 Å². The summed E-state index contributed by atoms with van der Waals surface area (Å²) in [6, 6.07) is 3.51. The molecule has 0 saturated heterocycles. The number of rotatable bonds is 5. The van der Waals surface area contributed by atoms with Crippen molar-refractivity contribution >= 4 is 11.6 Å². The standard InChI is InChI=1S/C12H15ClN4O/c1-8(7-14)4-5-10-16-12(17-18-10)11-9(13)3-2-6-15-11/h2-3,6,8H,4-5,7,14H2,1H3. The van der Waals surface area contributed by atoms with E-state index in [2.05, 4.69) is 22.0 Å². The molecule has 2 N–H and O–H groups in total. The first-order valence-electron chi connectivity index (χ1n) is 5.84. The van der Waals surface area contributed by atoms with E-state index in [1.807, 2.05) is 0 Å². The predicted octanol–water partition coefficient (Wildman–Crippen LogP) is 2.31. The van der Waals surface area contributed by atoms with Crippen molar-refractivity contribution < 1.29 is 4.52 Å². The lowest BCUT2D eigenvalue weighted by Gasteiger charge is -2.03. The minimum atomic E-state index is 0.427. The molecule has 0 saturated carbocycles. The van der Waals surface area contributed by atoms with Crippen molar-refractivity contribution in [2.24, 2.45) is 11.7 Å². The van der Waals surface area contributed by atoms with Gasteiger partial charge in [0.25, 0.3) is 0 Å². The van der Waals surface area contributed by atoms with E-state index in [-0.39, 0.29) is 0 Å². The van der Waals surface area contributed by atoms with Gasteiger partial charge in [-0.15, -0.1) is 0 Å². The minimum Gasteiger partial charge on any atom is -0.339 e. The average Bonchev–Trinajstić information content (AvgIpc) is 2.85. The normalized spacial score (nSPS) is 12.6. The van der Waals surface area contributed by atoms with E-state index in [9.17, 15) is 0 Å². The molecule has 2 aromatic heterocycles. The number of aromatic nitrogens is 3. The summed E-state index contributed by atoms with van der Waals surface area (Å²) in [4.78, 5) is 8.42. The van der Waals surface area contributed by atoms with Crippen molar-refractivity contribution in [3.8, 4) is 11.5 Å². The summed E-state index contributed by atoms with van der Waals surface area (Å²) in [5.41, 5.74) is 6.10. The Hall–Kier alpha value is -1.46. The summed E-state index contributed by atoms with van der Waals surface area (Å²) in [6.07, 6.45) is 3.29. The zero-order valence-corrected chi connectivity index (χ0v) is 10.9. The van der Waals surface area contributed by atoms with E-state index >= 15 is 0 Å². The molecule has 5 nitrogen and oxygen atoms in total. The molecule has 0 aliphatic rings. The third-order valence-corrected chi connectivity index (χ3v) is 3.00. The van der Waals surface area contributed by atoms with Crippen LogP contribution in [0.4, 0.5) is 0 Å². The van der Waals surface area contributed by atoms with E-state index in [1.54, 1.807) is 18.3 Å². The van der Waals surface area contributed by atoms with Crippen molar-refractivity contribution in [2.75, 3.05) is 6.54 Å². The maximum Gasteiger partial charge on any atom is 0.227 e. The van der Waals surface area contributed by atoms with Crippen LogP contribution in [0.25, 0.3) is 11.5 Å². The van der Waals surface area contributed by atoms with Crippen molar-refractivity contribution in [3.63, 3.8) is 0 Å². The van der Waals surface area contributed by atoms with Gasteiger partial charge in [0.15, 0.2) is 0 Å². The van der Waals surface area contributed by atoms with Crippen LogP contribution in [0.15, 0.2) is 22.9 Å². The van der Waals surface area contributed by atoms with Crippen LogP contribution in [0.1, 0.15) is 19.2 Å². The predicted molar refractivity (Wildman–Crippen MR) is 69.1 cm³/mol. The largest absolute Gasteiger partial charge is 0.339 e. The molecular weight excluding hydrogens is 252 g/mol. The summed E-state index contributed by atoms with van der Waals surface area (Å²) in [6.45, 7) is 2.75. The Labute approximate surface area is 110 Å². The first-order chi connectivity index (χ1) is 8.70. The van der Waals surface area contributed by atoms with Crippen molar-refractivity contribution in [1.29, 1.82) is 0 Å². The van der Waals surface area contributed by atoms with E-state index < -0.39 is 0 Å². The Bertz CT molecular complexity index is 514. The molecule has 0 aromatic carbocycles. The number of nitrogens with two attached hydrogens (primary N) is 1. The van der Waals surface area contributed by atoms with Crippen molar-refractivity contribution in [1.82, 2.24) is 15.1 Å². The zero-order chi connectivity index (χ0) is 13.0. The van der Waals surface area contributed by atoms with Gasteiger partial charge in [-0.1, -0.05) is 23.7 Å². The Balaban J connectivity index is 2.09. The molecule has 2 aromatic rings. The van der Waals surface area contributed by atoms with Gasteiger partial charge in [0.05, 0.1) is 5.02 Å². The van der Waals surface area contributed by atoms with E-state index in [0.717, 1.165) is 12.8 Å². The fourth-order valence-corrected chi connectivity index (χ4v) is 1.70. The zero-order valence-electron chi connectivity index (χ0n) is 10.1. The van der Waals surface area contributed by atoms with Crippen LogP contribution in [0, 0.1) is 5.92 Å². The minimum absolute atomic E-state index is 0.427. The van der Waals surface area contributed by atoms with E-state index in [1.165, 1.54) is 0 Å². The Kier molecular flexibility index (Phi) is 4.28. The van der Waals surface area contributed by atoms with Crippen LogP contribution in [-0.4, -0.2) is 21.7 Å². The Morgan fingerprint density at radius 1 is 1.50 bits per heavy atom. The molecule has 0 aliphatic carbocycles. The molecule has 1 atom stereocenters. The highest BCUT2D eigenvalue weighted by molar-refractivity contribution is 6.32. The quantitative estimate of drug-likeness (QED) is 0.898. The van der Waals surface area contributed by atoms with Gasteiger partial charge in [0.1, 0.15) is 5.69 Å². The lowest BCUT2D eigenvalue weighted by atomic mass is 10.1. The van der Waals surface area contributed by atoms with Crippen LogP contribution < -0.4 is 5.73 Å². The summed E-state index contributed by atoms with van der Waals surface area (Å²) < 4.78 is 5.17. The van der Waals surface area contributed by atoms with Crippen LogP contribution in [-0.2, 0) is 6.42 Å². The van der Waals surface area contributed by atoms with Gasteiger partial charge < -0.3 is 10.3 Å². The summed E-state index contributed by atoms with van der Waals surface area (Å²) >= 11 is 6.02. The fraction of sp³-hybridized carbons (Fsp3) is 0.417. The second-order valence-electron chi connectivity index (χ2n) is 4.23. The number of hydrogen-bond donors (Lipinski definition) is 1. The molecule has 0 radical (unpaired) electrons. The molecule has 18 heavy (non-hydrogen) atoms. The Morgan fingerprint density at radius 3 is 3.06 bits per heavy atom. The van der Waals surface area contributed by atoms with Gasteiger partial charge in [0.2, 0.25) is 11.7 Å². The number of nitrogens with zero attached hydrogens (tertiary/aromatic N) is 3. The average molecular weight is 267 g/mol. The second kappa shape index (κ2) is 5.93. The van der Waals surface area contributed by atoms with Gasteiger partial charge in [-0.25, -0.2) is 0 Å². The number of aryl methyl sites for hydroxylation is 1. The van der Waals surface area contributed by atoms with E-state index in [4.69, 9.17) is 21.9 Å². The molecule has 96 valence electrons. The molecule has 0 bridgehead atoms. The summed E-state index contributed by atoms with van der Waals surface area (Å²) in [5.74, 6) is 1.46. The van der Waals surface area contributed by atoms with Gasteiger partial charge >= 0.3 is 0 Å². The molecule has 1 unspecified atom stereocenters. The van der Waals surface area contributed by atoms with Gasteiger partial charge in [-0.05, 0) is 31.0 Å². The SMILES string of the molecule is CC(CN)CCc1nc(-c2ncccc2Cl)no1. The number of pyridine rings is 1. The van der Waals surface area contributed by atoms with E-state index in [0.29, 0.717) is 34.9 Å². The molecule has 2 rings (SSSR count). The lowest BCUT2D eigenvalue weighted by Crippen LogP contribution is -2.11. The smallest absolute Gasteiger partial charge is 0.227 e. The molecule has 6 heteroatoms. The van der Waals surface area contributed by atoms with Crippen LogP contribution in [0.3, 0.4) is 0 Å². The van der Waals surface area contributed by atoms with Crippen molar-refractivity contribution in [3.05, 3.63) is 29.2 Å². The third kappa shape index (κ3) is 3.05. The highest BCUT2D eigenvalue weighted by atomic mass is 35.5. The van der Waals surface area contributed by atoms with Gasteiger partial charge in [0, 0.05) is 12.6 Å². The molecule has 0 fully saturated rings. The molecule has 0 aliphatic heterocycles. The first-order valence-corrected chi connectivity index (χ1v) is 6.22. The maximum atomic E-state index is 6.02. The number of halogens is 1. The Morgan fingerprint density at radius 2 is 2.33 bits per heavy atom. The van der Waals surface area contributed by atoms with Gasteiger partial charge in [-0.2, -0.15) is 4.98 Å². The summed E-state index contributed by atoms with van der Waals surface area (Å²) in [5, 5.41) is 4.40. The maximum absolute atomic E-state index is 6.02. The molecular formula is C12H15ClN4O. The highest BCUT2D eigenvalue weighted by Crippen LogP contribution is 2.22. The topological polar surface area (TPSA) is 77.8 Å². The highest BCUT2D eigenvalue weighted by Gasteiger charge is 2.13. The van der Waals surface area contributed by atoms with Crippen molar-refractivity contribution in [2.45, 2.75) is 19.8 Å². The fourth-order valence-electron chi connectivity index (χ4n) is 1.49. The third-order valence-electron chi connectivity index (χ3n) is 2.69. The number of hydrogen-bond acceptors (Lipinski definition) is 5. The first kappa shape index (κ1) is 13.0. The second-order valence-corrected chi connectivity index (χ2v) is 4.63. The van der Waals surface area contributed by atoms with Crippen LogP contribution in [0.2, 0.25) is 5.02 Å². The molecule has 2 heterocycles. The van der Waals surface area contributed by atoms with Gasteiger partial charge in [-0.3, -0.25) is 4.98 Å². The molecule has 0 spiro atoms. The lowest BCUT2D eigenvalue weighted by molar-refractivity contribution is 0.366. The van der Waals surface area contributed by atoms with Crippen LogP contribution in [0.5, 0.6) is 0 Å². The monoisotopic (exact) mass is 266 g/mol. The molecule has 0 amide bonds.